The Morgan fingerprint density at radius 1 is 1.23 bits per heavy atom. The van der Waals surface area contributed by atoms with Crippen LogP contribution in [-0.4, -0.2) is 49.9 Å². The first kappa shape index (κ1) is 23.2. The van der Waals surface area contributed by atoms with Gasteiger partial charge in [0.25, 0.3) is 15.9 Å². The molecule has 1 fully saturated rings. The molecule has 31 heavy (non-hydrogen) atoms. The Kier molecular flexibility index (Phi) is 7.00. The zero-order chi connectivity index (χ0) is 22.8. The van der Waals surface area contributed by atoms with Crippen molar-refractivity contribution in [3.05, 3.63) is 39.9 Å². The fourth-order valence-electron chi connectivity index (χ4n) is 3.63. The van der Waals surface area contributed by atoms with Gasteiger partial charge in [-0.15, -0.1) is 0 Å². The van der Waals surface area contributed by atoms with E-state index in [0.29, 0.717) is 48.7 Å². The van der Waals surface area contributed by atoms with E-state index in [0.717, 1.165) is 16.9 Å². The predicted molar refractivity (Wildman–Crippen MR) is 119 cm³/mol. The highest BCUT2D eigenvalue weighted by atomic mass is 32.2. The van der Waals surface area contributed by atoms with Crippen LogP contribution in [0.2, 0.25) is 0 Å². The predicted octanol–water partition coefficient (Wildman–Crippen LogP) is 3.28. The third kappa shape index (κ3) is 5.24. The molecule has 10 heteroatoms. The number of amides is 1. The molecule has 0 aliphatic carbocycles. The molecule has 1 aromatic carbocycles. The maximum Gasteiger partial charge on any atom is 0.309 e. The number of nitrogens with zero attached hydrogens (tertiary/aromatic N) is 2. The molecule has 1 aliphatic heterocycles. The molecule has 0 spiro atoms. The Balaban J connectivity index is 1.71. The maximum absolute atomic E-state index is 13.0. The van der Waals surface area contributed by atoms with Crippen molar-refractivity contribution < 1.29 is 22.7 Å². The van der Waals surface area contributed by atoms with Crippen LogP contribution in [0.1, 0.15) is 46.3 Å². The normalized spacial score (nSPS) is 15.0. The number of anilines is 1. The van der Waals surface area contributed by atoms with Gasteiger partial charge in [-0.3, -0.25) is 14.3 Å². The lowest BCUT2D eigenvalue weighted by Crippen LogP contribution is -2.40. The van der Waals surface area contributed by atoms with Crippen molar-refractivity contribution in [3.8, 4) is 0 Å². The molecule has 2 heterocycles. The van der Waals surface area contributed by atoms with Gasteiger partial charge < -0.3 is 9.64 Å². The Hall–Kier alpha value is -2.46. The SMILES string of the molecule is CCOC(=O)C1CCN(C(=O)c2sc(NS(=O)(=O)c3ccc(C)cc3C)nc2C)CC1. The van der Waals surface area contributed by atoms with Crippen LogP contribution >= 0.6 is 11.3 Å². The van der Waals surface area contributed by atoms with E-state index in [1.165, 1.54) is 0 Å². The van der Waals surface area contributed by atoms with Gasteiger partial charge in [-0.2, -0.15) is 0 Å². The van der Waals surface area contributed by atoms with E-state index in [4.69, 9.17) is 4.74 Å². The number of piperidine rings is 1. The highest BCUT2D eigenvalue weighted by molar-refractivity contribution is 7.93. The number of rotatable bonds is 6. The number of carbonyl (C=O) groups is 2. The third-order valence-corrected chi connectivity index (χ3v) is 7.92. The molecular formula is C21H27N3O5S2. The van der Waals surface area contributed by atoms with Crippen molar-refractivity contribution in [1.29, 1.82) is 0 Å². The number of aromatic nitrogens is 1. The lowest BCUT2D eigenvalue weighted by Gasteiger charge is -2.30. The molecule has 3 rings (SSSR count). The molecule has 0 saturated carbocycles. The summed E-state index contributed by atoms with van der Waals surface area (Å²) in [6.45, 7) is 8.34. The van der Waals surface area contributed by atoms with Gasteiger partial charge in [0, 0.05) is 13.1 Å². The average Bonchev–Trinajstić information content (AvgIpc) is 3.06. The van der Waals surface area contributed by atoms with Gasteiger partial charge in [-0.25, -0.2) is 13.4 Å². The average molecular weight is 466 g/mol. The summed E-state index contributed by atoms with van der Waals surface area (Å²) >= 11 is 1.02. The quantitative estimate of drug-likeness (QED) is 0.657. The molecule has 1 amide bonds. The molecule has 0 unspecified atom stereocenters. The minimum Gasteiger partial charge on any atom is -0.466 e. The summed E-state index contributed by atoms with van der Waals surface area (Å²) in [5, 5.41) is 0.155. The van der Waals surface area contributed by atoms with Gasteiger partial charge in [-0.1, -0.05) is 29.0 Å². The van der Waals surface area contributed by atoms with Crippen LogP contribution in [0, 0.1) is 26.7 Å². The van der Waals surface area contributed by atoms with Gasteiger partial charge in [0.15, 0.2) is 5.13 Å². The number of sulfonamides is 1. The lowest BCUT2D eigenvalue weighted by molar-refractivity contribution is -0.149. The first-order chi connectivity index (χ1) is 14.6. The zero-order valence-electron chi connectivity index (χ0n) is 18.1. The van der Waals surface area contributed by atoms with Crippen molar-refractivity contribution in [2.24, 2.45) is 5.92 Å². The molecule has 1 N–H and O–H groups in total. The lowest BCUT2D eigenvalue weighted by atomic mass is 9.97. The summed E-state index contributed by atoms with van der Waals surface area (Å²) in [4.78, 5) is 31.4. The number of likely N-dealkylation sites (tertiary alicyclic amines) is 1. The highest BCUT2D eigenvalue weighted by Crippen LogP contribution is 2.29. The number of hydrogen-bond acceptors (Lipinski definition) is 7. The number of carbonyl (C=O) groups excluding carboxylic acids is 2. The molecule has 2 aromatic rings. The summed E-state index contributed by atoms with van der Waals surface area (Å²) in [5.74, 6) is -0.604. The molecule has 0 bridgehead atoms. The minimum atomic E-state index is -3.82. The third-order valence-electron chi connectivity index (χ3n) is 5.23. The Morgan fingerprint density at radius 3 is 2.52 bits per heavy atom. The second-order valence-electron chi connectivity index (χ2n) is 7.63. The molecule has 168 valence electrons. The molecule has 8 nitrogen and oxygen atoms in total. The fourth-order valence-corrected chi connectivity index (χ4v) is 6.03. The van der Waals surface area contributed by atoms with Crippen LogP contribution in [0.3, 0.4) is 0 Å². The van der Waals surface area contributed by atoms with E-state index >= 15 is 0 Å². The van der Waals surface area contributed by atoms with E-state index in [-0.39, 0.29) is 27.8 Å². The summed E-state index contributed by atoms with van der Waals surface area (Å²) in [7, 11) is -3.82. The number of benzene rings is 1. The maximum atomic E-state index is 13.0. The largest absolute Gasteiger partial charge is 0.466 e. The number of thiazole rings is 1. The van der Waals surface area contributed by atoms with E-state index in [2.05, 4.69) is 9.71 Å². The molecule has 1 aromatic heterocycles. The second kappa shape index (κ2) is 9.35. The zero-order valence-corrected chi connectivity index (χ0v) is 19.7. The van der Waals surface area contributed by atoms with Gasteiger partial charge in [0.1, 0.15) is 4.88 Å². The van der Waals surface area contributed by atoms with Crippen molar-refractivity contribution >= 4 is 38.4 Å². The van der Waals surface area contributed by atoms with E-state index in [9.17, 15) is 18.0 Å². The summed E-state index contributed by atoms with van der Waals surface area (Å²) in [6.07, 6.45) is 1.10. The van der Waals surface area contributed by atoms with Crippen molar-refractivity contribution in [1.82, 2.24) is 9.88 Å². The fraction of sp³-hybridized carbons (Fsp3) is 0.476. The first-order valence-electron chi connectivity index (χ1n) is 10.2. The molecule has 0 atom stereocenters. The number of aryl methyl sites for hydroxylation is 3. The van der Waals surface area contributed by atoms with Gasteiger partial charge in [-0.05, 0) is 52.2 Å². The molecule has 0 radical (unpaired) electrons. The Bertz CT molecular complexity index is 1090. The number of esters is 1. The first-order valence-corrected chi connectivity index (χ1v) is 12.5. The van der Waals surface area contributed by atoms with Crippen molar-refractivity contribution in [2.75, 3.05) is 24.4 Å². The van der Waals surface area contributed by atoms with Gasteiger partial charge in [0.2, 0.25) is 0 Å². The summed E-state index contributed by atoms with van der Waals surface area (Å²) < 4.78 is 33.2. The van der Waals surface area contributed by atoms with Crippen LogP contribution < -0.4 is 4.72 Å². The minimum absolute atomic E-state index is 0.155. The monoisotopic (exact) mass is 465 g/mol. The Labute approximate surface area is 186 Å². The highest BCUT2D eigenvalue weighted by Gasteiger charge is 2.30. The summed E-state index contributed by atoms with van der Waals surface area (Å²) in [6, 6.07) is 5.10. The van der Waals surface area contributed by atoms with E-state index < -0.39 is 10.0 Å². The van der Waals surface area contributed by atoms with Crippen LogP contribution in [0.4, 0.5) is 5.13 Å². The van der Waals surface area contributed by atoms with E-state index in [1.54, 1.807) is 43.9 Å². The Morgan fingerprint density at radius 2 is 1.90 bits per heavy atom. The number of ether oxygens (including phenoxy) is 1. The molecule has 1 aliphatic rings. The van der Waals surface area contributed by atoms with Crippen LogP contribution in [0.15, 0.2) is 23.1 Å². The second-order valence-corrected chi connectivity index (χ2v) is 10.3. The van der Waals surface area contributed by atoms with Crippen molar-refractivity contribution in [2.45, 2.75) is 45.4 Å². The molecule has 1 saturated heterocycles. The summed E-state index contributed by atoms with van der Waals surface area (Å²) in [5.41, 5.74) is 2.09. The number of hydrogen-bond donors (Lipinski definition) is 1. The standard InChI is InChI=1S/C21H27N3O5S2/c1-5-29-20(26)16-8-10-24(11-9-16)19(25)18-15(4)22-21(30-18)23-31(27,28)17-7-6-13(2)12-14(17)3/h6-7,12,16H,5,8-11H2,1-4H3,(H,22,23). The van der Waals surface area contributed by atoms with Gasteiger partial charge in [0.05, 0.1) is 23.1 Å². The number of nitrogens with one attached hydrogen (secondary N) is 1. The van der Waals surface area contributed by atoms with Crippen molar-refractivity contribution in [3.63, 3.8) is 0 Å². The topological polar surface area (TPSA) is 106 Å². The molecular weight excluding hydrogens is 438 g/mol. The van der Waals surface area contributed by atoms with E-state index in [1.807, 2.05) is 6.92 Å². The van der Waals surface area contributed by atoms with Crippen LogP contribution in [0.25, 0.3) is 0 Å². The smallest absolute Gasteiger partial charge is 0.309 e. The van der Waals surface area contributed by atoms with Gasteiger partial charge >= 0.3 is 5.97 Å². The van der Waals surface area contributed by atoms with Crippen LogP contribution in [0.5, 0.6) is 0 Å². The van der Waals surface area contributed by atoms with Crippen LogP contribution in [-0.2, 0) is 19.6 Å².